The third kappa shape index (κ3) is 6.36. The van der Waals surface area contributed by atoms with Crippen LogP contribution in [0.1, 0.15) is 19.4 Å². The molecule has 1 rings (SSSR count). The molecule has 9 heteroatoms. The molecule has 5 N–H and O–H groups in total. The lowest BCUT2D eigenvalue weighted by molar-refractivity contribution is -0.141. The highest BCUT2D eigenvalue weighted by molar-refractivity contribution is 9.10. The standard InChI is InChI=1S/C15H22BrN2O5P/c1-9(15(20)21)18-14(19)12(8-24(22,23)10(2)17)7-11-3-5-13(16)6-4-11/h3-6,9-10,12H,7-8,17H2,1-2H3,(H,18,19)(H,20,21)(H,22,23)/t9-,10-,12+/m0/s1. The number of carboxylic acids is 1. The fourth-order valence-electron chi connectivity index (χ4n) is 2.02. The number of aliphatic carboxylic acids is 1. The predicted molar refractivity (Wildman–Crippen MR) is 94.9 cm³/mol. The smallest absolute Gasteiger partial charge is 0.325 e. The van der Waals surface area contributed by atoms with Crippen LogP contribution in [-0.4, -0.2) is 39.9 Å². The van der Waals surface area contributed by atoms with E-state index in [4.69, 9.17) is 10.8 Å². The van der Waals surface area contributed by atoms with Crippen LogP contribution in [0.4, 0.5) is 0 Å². The number of halogens is 1. The van der Waals surface area contributed by atoms with E-state index in [0.29, 0.717) is 0 Å². The zero-order chi connectivity index (χ0) is 18.5. The molecule has 134 valence electrons. The number of nitrogens with one attached hydrogen (secondary N) is 1. The molecule has 0 bridgehead atoms. The van der Waals surface area contributed by atoms with Gasteiger partial charge in [-0.05, 0) is 38.0 Å². The molecule has 7 nitrogen and oxygen atoms in total. The van der Waals surface area contributed by atoms with Crippen LogP contribution in [0.15, 0.2) is 28.7 Å². The summed E-state index contributed by atoms with van der Waals surface area (Å²) in [7, 11) is -3.73. The maximum atomic E-state index is 12.4. The number of carboxylic acid groups (broad SMARTS) is 1. The van der Waals surface area contributed by atoms with Crippen LogP contribution in [0.5, 0.6) is 0 Å². The van der Waals surface area contributed by atoms with Crippen molar-refractivity contribution in [3.05, 3.63) is 34.3 Å². The van der Waals surface area contributed by atoms with Crippen LogP contribution in [0, 0.1) is 5.92 Å². The largest absolute Gasteiger partial charge is 0.480 e. The monoisotopic (exact) mass is 420 g/mol. The second-order valence-electron chi connectivity index (χ2n) is 5.77. The quantitative estimate of drug-likeness (QED) is 0.474. The Balaban J connectivity index is 2.97. The molecule has 0 spiro atoms. The van der Waals surface area contributed by atoms with Crippen molar-refractivity contribution in [2.75, 3.05) is 6.16 Å². The number of carbonyl (C=O) groups excluding carboxylic acids is 1. The maximum absolute atomic E-state index is 12.4. The number of hydrogen-bond donors (Lipinski definition) is 4. The van der Waals surface area contributed by atoms with Crippen molar-refractivity contribution in [1.29, 1.82) is 0 Å². The van der Waals surface area contributed by atoms with Crippen molar-refractivity contribution in [2.45, 2.75) is 32.1 Å². The van der Waals surface area contributed by atoms with E-state index in [-0.39, 0.29) is 12.6 Å². The minimum absolute atomic E-state index is 0.211. The summed E-state index contributed by atoms with van der Waals surface area (Å²) in [5, 5.41) is 11.3. The van der Waals surface area contributed by atoms with Crippen molar-refractivity contribution in [3.8, 4) is 0 Å². The zero-order valence-electron chi connectivity index (χ0n) is 13.5. The van der Waals surface area contributed by atoms with Gasteiger partial charge in [0.05, 0.1) is 11.7 Å². The summed E-state index contributed by atoms with van der Waals surface area (Å²) in [4.78, 5) is 33.3. The average molecular weight is 421 g/mol. The van der Waals surface area contributed by atoms with Gasteiger partial charge in [0.25, 0.3) is 0 Å². The van der Waals surface area contributed by atoms with Gasteiger partial charge in [-0.25, -0.2) is 0 Å². The van der Waals surface area contributed by atoms with Gasteiger partial charge >= 0.3 is 5.97 Å². The third-order valence-electron chi connectivity index (χ3n) is 3.61. The van der Waals surface area contributed by atoms with Crippen molar-refractivity contribution in [1.82, 2.24) is 5.32 Å². The summed E-state index contributed by atoms with van der Waals surface area (Å²) in [6.45, 7) is 2.75. The van der Waals surface area contributed by atoms with E-state index in [1.54, 1.807) is 24.3 Å². The lowest BCUT2D eigenvalue weighted by Gasteiger charge is -2.23. The topological polar surface area (TPSA) is 130 Å². The molecule has 0 aliphatic rings. The van der Waals surface area contributed by atoms with Gasteiger partial charge in [0.15, 0.2) is 0 Å². The van der Waals surface area contributed by atoms with Gasteiger partial charge in [-0.1, -0.05) is 28.1 Å². The number of benzene rings is 1. The Morgan fingerprint density at radius 3 is 2.29 bits per heavy atom. The number of carbonyl (C=O) groups is 2. The molecule has 0 fully saturated rings. The van der Waals surface area contributed by atoms with Crippen molar-refractivity contribution in [3.63, 3.8) is 0 Å². The van der Waals surface area contributed by atoms with Crippen LogP contribution in [0.3, 0.4) is 0 Å². The van der Waals surface area contributed by atoms with Crippen LogP contribution < -0.4 is 11.1 Å². The van der Waals surface area contributed by atoms with Crippen LogP contribution in [0.2, 0.25) is 0 Å². The van der Waals surface area contributed by atoms with Crippen molar-refractivity contribution < 1.29 is 24.2 Å². The molecule has 0 aromatic heterocycles. The fourth-order valence-corrected chi connectivity index (χ4v) is 3.54. The van der Waals surface area contributed by atoms with E-state index in [9.17, 15) is 19.0 Å². The van der Waals surface area contributed by atoms with E-state index < -0.39 is 37.0 Å². The summed E-state index contributed by atoms with van der Waals surface area (Å²) in [6.07, 6.45) is -0.0956. The number of rotatable bonds is 8. The van der Waals surface area contributed by atoms with Gasteiger partial charge in [0, 0.05) is 10.6 Å². The van der Waals surface area contributed by atoms with E-state index in [1.807, 2.05) is 0 Å². The van der Waals surface area contributed by atoms with Gasteiger partial charge in [-0.15, -0.1) is 0 Å². The molecule has 1 amide bonds. The average Bonchev–Trinajstić information content (AvgIpc) is 2.48. The molecule has 0 radical (unpaired) electrons. The second kappa shape index (κ2) is 8.76. The second-order valence-corrected chi connectivity index (χ2v) is 9.38. The molecule has 0 saturated carbocycles. The molecule has 0 aliphatic carbocycles. The number of amides is 1. The third-order valence-corrected chi connectivity index (χ3v) is 6.38. The molecular formula is C15H22BrN2O5P. The summed E-state index contributed by atoms with van der Waals surface area (Å²) < 4.78 is 13.1. The van der Waals surface area contributed by atoms with E-state index in [1.165, 1.54) is 13.8 Å². The normalized spacial score (nSPS) is 17.4. The van der Waals surface area contributed by atoms with Crippen LogP contribution in [0.25, 0.3) is 0 Å². The number of hydrogen-bond acceptors (Lipinski definition) is 4. The summed E-state index contributed by atoms with van der Waals surface area (Å²) >= 11 is 3.31. The van der Waals surface area contributed by atoms with Crippen LogP contribution in [-0.2, 0) is 20.6 Å². The van der Waals surface area contributed by atoms with Gasteiger partial charge in [-0.3, -0.25) is 14.2 Å². The molecule has 1 aromatic rings. The maximum Gasteiger partial charge on any atom is 0.325 e. The van der Waals surface area contributed by atoms with Gasteiger partial charge in [0.1, 0.15) is 6.04 Å². The first-order chi connectivity index (χ1) is 11.0. The highest BCUT2D eigenvalue weighted by Gasteiger charge is 2.33. The first kappa shape index (κ1) is 20.8. The Morgan fingerprint density at radius 1 is 1.29 bits per heavy atom. The zero-order valence-corrected chi connectivity index (χ0v) is 16.0. The highest BCUT2D eigenvalue weighted by atomic mass is 79.9. The van der Waals surface area contributed by atoms with Gasteiger partial charge in [0.2, 0.25) is 13.3 Å². The SMILES string of the molecule is C[C@H](NC(=O)[C@H](Cc1ccc(Br)cc1)CP(=O)(O)[C@@H](C)N)C(=O)O. The minimum Gasteiger partial charge on any atom is -0.480 e. The number of nitrogens with two attached hydrogens (primary N) is 1. The molecule has 0 saturated heterocycles. The van der Waals surface area contributed by atoms with Gasteiger partial charge < -0.3 is 21.1 Å². The molecule has 0 aliphatic heterocycles. The Labute approximate surface area is 149 Å². The fraction of sp³-hybridized carbons (Fsp3) is 0.467. The Kier molecular flexibility index (Phi) is 7.60. The molecule has 1 aromatic carbocycles. The first-order valence-electron chi connectivity index (χ1n) is 7.37. The Morgan fingerprint density at radius 2 is 1.83 bits per heavy atom. The molecule has 24 heavy (non-hydrogen) atoms. The van der Waals surface area contributed by atoms with E-state index >= 15 is 0 Å². The highest BCUT2D eigenvalue weighted by Crippen LogP contribution is 2.45. The first-order valence-corrected chi connectivity index (χ1v) is 10.1. The van der Waals surface area contributed by atoms with E-state index in [2.05, 4.69) is 21.2 Å². The summed E-state index contributed by atoms with van der Waals surface area (Å²) in [5.41, 5.74) is 6.33. The molecule has 0 heterocycles. The van der Waals surface area contributed by atoms with E-state index in [0.717, 1.165) is 10.0 Å². The Bertz CT molecular complexity index is 635. The molecular weight excluding hydrogens is 399 g/mol. The van der Waals surface area contributed by atoms with Crippen molar-refractivity contribution >= 4 is 35.2 Å². The van der Waals surface area contributed by atoms with Crippen LogP contribution >= 0.6 is 23.3 Å². The Hall–Kier alpha value is -1.21. The van der Waals surface area contributed by atoms with Gasteiger partial charge in [-0.2, -0.15) is 0 Å². The lowest BCUT2D eigenvalue weighted by atomic mass is 10.00. The minimum atomic E-state index is -3.73. The lowest BCUT2D eigenvalue weighted by Crippen LogP contribution is -2.43. The predicted octanol–water partition coefficient (Wildman–Crippen LogP) is 1.77. The summed E-state index contributed by atoms with van der Waals surface area (Å²) in [6, 6.07) is 6.10. The molecule has 1 unspecified atom stereocenters. The van der Waals surface area contributed by atoms with Crippen molar-refractivity contribution in [2.24, 2.45) is 11.7 Å². The molecule has 4 atom stereocenters. The summed E-state index contributed by atoms with van der Waals surface area (Å²) in [5.74, 6) is -3.57.